The minimum atomic E-state index is -3.27. The van der Waals surface area contributed by atoms with Gasteiger partial charge in [0.15, 0.2) is 0 Å². The number of carboxylic acids is 1. The summed E-state index contributed by atoms with van der Waals surface area (Å²) in [7, 11) is -3.27. The Morgan fingerprint density at radius 2 is 1.92 bits per heavy atom. The summed E-state index contributed by atoms with van der Waals surface area (Å²) < 4.78 is 30.4. The highest BCUT2D eigenvalue weighted by Gasteiger charge is 2.33. The van der Waals surface area contributed by atoms with Crippen LogP contribution in [0.25, 0.3) is 0 Å². The van der Waals surface area contributed by atoms with Crippen molar-refractivity contribution < 1.29 is 27.6 Å². The third-order valence-corrected chi connectivity index (χ3v) is 6.64. The maximum Gasteiger partial charge on any atom is 0.323 e. The lowest BCUT2D eigenvalue weighted by molar-refractivity contribution is -0.146. The first kappa shape index (κ1) is 20.4. The number of carbonyl (C=O) groups excluding carboxylic acids is 1. The van der Waals surface area contributed by atoms with Gasteiger partial charge in [-0.05, 0) is 33.6 Å². The maximum absolute atomic E-state index is 12.7. The number of hydrogen-bond acceptors (Lipinski definition) is 6. The molecule has 0 saturated carbocycles. The topological polar surface area (TPSA) is 121 Å². The third kappa shape index (κ3) is 4.61. The summed E-state index contributed by atoms with van der Waals surface area (Å²) in [6, 6.07) is -0.303. The predicted octanol–water partition coefficient (Wildman–Crippen LogP) is 0.561. The number of carboxylic acid groups (broad SMARTS) is 1. The van der Waals surface area contributed by atoms with Gasteiger partial charge in [-0.1, -0.05) is 5.16 Å². The van der Waals surface area contributed by atoms with Gasteiger partial charge in [-0.2, -0.15) is 0 Å². The number of aliphatic carboxylic acids is 1. The monoisotopic (exact) mass is 387 g/mol. The first-order chi connectivity index (χ1) is 12.2. The number of aryl methyl sites for hydroxylation is 2. The SMILES string of the molecule is CCS(=O)(=O)N1CCC(N(CC(=O)O)C(=O)Cc2c(C)noc2C)CC1. The van der Waals surface area contributed by atoms with Gasteiger partial charge in [0, 0.05) is 24.7 Å². The van der Waals surface area contributed by atoms with Crippen molar-refractivity contribution in [3.8, 4) is 0 Å². The Labute approximate surface area is 153 Å². The van der Waals surface area contributed by atoms with Crippen LogP contribution in [-0.4, -0.2) is 71.2 Å². The third-order valence-electron chi connectivity index (χ3n) is 4.76. The fraction of sp³-hybridized carbons (Fsp3) is 0.688. The highest BCUT2D eigenvalue weighted by atomic mass is 32.2. The van der Waals surface area contributed by atoms with Crippen LogP contribution in [-0.2, 0) is 26.0 Å². The molecule has 0 bridgehead atoms. The lowest BCUT2D eigenvalue weighted by Gasteiger charge is -2.37. The van der Waals surface area contributed by atoms with E-state index in [-0.39, 0.29) is 37.2 Å². The average molecular weight is 387 g/mol. The largest absolute Gasteiger partial charge is 0.480 e. The smallest absolute Gasteiger partial charge is 0.323 e. The van der Waals surface area contributed by atoms with E-state index in [0.29, 0.717) is 29.9 Å². The van der Waals surface area contributed by atoms with Crippen molar-refractivity contribution in [2.45, 2.75) is 46.1 Å². The normalized spacial score (nSPS) is 16.6. The van der Waals surface area contributed by atoms with Gasteiger partial charge in [0.1, 0.15) is 12.3 Å². The summed E-state index contributed by atoms with van der Waals surface area (Å²) >= 11 is 0. The summed E-state index contributed by atoms with van der Waals surface area (Å²) in [5, 5.41) is 13.0. The molecule has 1 aliphatic heterocycles. The van der Waals surface area contributed by atoms with E-state index in [4.69, 9.17) is 4.52 Å². The fourth-order valence-corrected chi connectivity index (χ4v) is 4.32. The van der Waals surface area contributed by atoms with E-state index in [1.807, 2.05) is 0 Å². The molecule has 0 atom stereocenters. The van der Waals surface area contributed by atoms with Gasteiger partial charge in [0.25, 0.3) is 0 Å². The Morgan fingerprint density at radius 1 is 1.31 bits per heavy atom. The number of rotatable bonds is 7. The molecule has 10 heteroatoms. The number of piperidine rings is 1. The number of carbonyl (C=O) groups is 2. The summed E-state index contributed by atoms with van der Waals surface area (Å²) in [5.74, 6) is -0.851. The standard InChI is InChI=1S/C16H25N3O6S/c1-4-26(23,24)18-7-5-13(6-8-18)19(10-16(21)22)15(20)9-14-11(2)17-25-12(14)3/h13H,4-10H2,1-3H3,(H,21,22). The average Bonchev–Trinajstić information content (AvgIpc) is 2.91. The Kier molecular flexibility index (Phi) is 6.40. The van der Waals surface area contributed by atoms with Gasteiger partial charge in [-0.3, -0.25) is 9.59 Å². The molecule has 1 aliphatic rings. The minimum Gasteiger partial charge on any atom is -0.480 e. The molecule has 1 aromatic heterocycles. The van der Waals surface area contributed by atoms with Crippen LogP contribution in [0, 0.1) is 13.8 Å². The van der Waals surface area contributed by atoms with Crippen LogP contribution in [0.4, 0.5) is 0 Å². The molecule has 0 spiro atoms. The van der Waals surface area contributed by atoms with Crippen LogP contribution in [0.1, 0.15) is 36.8 Å². The Bertz CT molecular complexity index is 745. The van der Waals surface area contributed by atoms with Crippen molar-refractivity contribution in [2.75, 3.05) is 25.4 Å². The molecule has 146 valence electrons. The van der Waals surface area contributed by atoms with E-state index in [1.54, 1.807) is 20.8 Å². The molecule has 0 radical (unpaired) electrons. The zero-order chi connectivity index (χ0) is 19.5. The Balaban J connectivity index is 2.10. The van der Waals surface area contributed by atoms with Gasteiger partial charge in [-0.25, -0.2) is 12.7 Å². The van der Waals surface area contributed by atoms with Crippen molar-refractivity contribution in [1.29, 1.82) is 0 Å². The van der Waals surface area contributed by atoms with Gasteiger partial charge in [0.05, 0.1) is 17.9 Å². The zero-order valence-corrected chi connectivity index (χ0v) is 16.1. The second kappa shape index (κ2) is 8.17. The van der Waals surface area contributed by atoms with Gasteiger partial charge >= 0.3 is 5.97 Å². The zero-order valence-electron chi connectivity index (χ0n) is 15.3. The van der Waals surface area contributed by atoms with Crippen molar-refractivity contribution in [3.05, 3.63) is 17.0 Å². The molecule has 2 heterocycles. The van der Waals surface area contributed by atoms with Gasteiger partial charge in [0.2, 0.25) is 15.9 Å². The van der Waals surface area contributed by atoms with E-state index in [0.717, 1.165) is 0 Å². The van der Waals surface area contributed by atoms with Crippen molar-refractivity contribution in [1.82, 2.24) is 14.4 Å². The molecule has 1 aromatic rings. The second-order valence-corrected chi connectivity index (χ2v) is 8.68. The number of amides is 1. The van der Waals surface area contributed by atoms with E-state index in [9.17, 15) is 23.1 Å². The Morgan fingerprint density at radius 3 is 2.38 bits per heavy atom. The number of aromatic nitrogens is 1. The highest BCUT2D eigenvalue weighted by molar-refractivity contribution is 7.89. The molecule has 2 rings (SSSR count). The van der Waals surface area contributed by atoms with Gasteiger partial charge < -0.3 is 14.5 Å². The summed E-state index contributed by atoms with van der Waals surface area (Å²) in [6.45, 7) is 5.19. The number of sulfonamides is 1. The fourth-order valence-electron chi connectivity index (χ4n) is 3.19. The molecule has 1 fully saturated rings. The highest BCUT2D eigenvalue weighted by Crippen LogP contribution is 2.21. The lowest BCUT2D eigenvalue weighted by atomic mass is 10.0. The molecular formula is C16H25N3O6S. The van der Waals surface area contributed by atoms with E-state index < -0.39 is 22.5 Å². The second-order valence-electron chi connectivity index (χ2n) is 6.43. The predicted molar refractivity (Wildman–Crippen MR) is 93.1 cm³/mol. The molecule has 9 nitrogen and oxygen atoms in total. The van der Waals surface area contributed by atoms with Gasteiger partial charge in [-0.15, -0.1) is 0 Å². The van der Waals surface area contributed by atoms with Crippen molar-refractivity contribution >= 4 is 21.9 Å². The molecule has 1 N–H and O–H groups in total. The molecule has 1 amide bonds. The number of hydrogen-bond donors (Lipinski definition) is 1. The van der Waals surface area contributed by atoms with Crippen molar-refractivity contribution in [2.24, 2.45) is 0 Å². The molecule has 0 aliphatic carbocycles. The molecule has 0 aromatic carbocycles. The molecule has 0 unspecified atom stereocenters. The molecule has 1 saturated heterocycles. The van der Waals surface area contributed by atoms with Crippen molar-refractivity contribution in [3.63, 3.8) is 0 Å². The van der Waals surface area contributed by atoms with E-state index in [1.165, 1.54) is 9.21 Å². The molecular weight excluding hydrogens is 362 g/mol. The molecule has 26 heavy (non-hydrogen) atoms. The van der Waals surface area contributed by atoms with Crippen LogP contribution < -0.4 is 0 Å². The van der Waals surface area contributed by atoms with E-state index >= 15 is 0 Å². The van der Waals surface area contributed by atoms with E-state index in [2.05, 4.69) is 5.16 Å². The van der Waals surface area contributed by atoms with Crippen LogP contribution in [0.2, 0.25) is 0 Å². The first-order valence-corrected chi connectivity index (χ1v) is 10.2. The van der Waals surface area contributed by atoms with Crippen LogP contribution >= 0.6 is 0 Å². The quantitative estimate of drug-likeness (QED) is 0.725. The lowest BCUT2D eigenvalue weighted by Crippen LogP contribution is -2.50. The minimum absolute atomic E-state index is 0.0158. The first-order valence-electron chi connectivity index (χ1n) is 8.56. The number of nitrogens with zero attached hydrogens (tertiary/aromatic N) is 3. The summed E-state index contributed by atoms with van der Waals surface area (Å²) in [5.41, 5.74) is 1.27. The summed E-state index contributed by atoms with van der Waals surface area (Å²) in [4.78, 5) is 25.3. The maximum atomic E-state index is 12.7. The van der Waals surface area contributed by atoms with Crippen LogP contribution in [0.15, 0.2) is 4.52 Å². The summed E-state index contributed by atoms with van der Waals surface area (Å²) in [6.07, 6.45) is 0.849. The van der Waals surface area contributed by atoms with Crippen LogP contribution in [0.3, 0.4) is 0 Å². The Hall–Kier alpha value is -1.94. The van der Waals surface area contributed by atoms with Crippen LogP contribution in [0.5, 0.6) is 0 Å².